The summed E-state index contributed by atoms with van der Waals surface area (Å²) < 4.78 is 0. The Morgan fingerprint density at radius 3 is 2.24 bits per heavy atom. The number of likely N-dealkylation sites (N-methyl/N-ethyl adjacent to an activating group) is 2. The van der Waals surface area contributed by atoms with Crippen LogP contribution in [0.25, 0.3) is 6.08 Å². The van der Waals surface area contributed by atoms with Gasteiger partial charge in [-0.2, -0.15) is 0 Å². The molecule has 2 rings (SSSR count). The van der Waals surface area contributed by atoms with Gasteiger partial charge in [-0.25, -0.2) is 0 Å². The Bertz CT molecular complexity index is 508. The summed E-state index contributed by atoms with van der Waals surface area (Å²) in [5.74, 6) is 0.0801. The summed E-state index contributed by atoms with van der Waals surface area (Å²) in [5.41, 5.74) is 1.37. The van der Waals surface area contributed by atoms with Crippen molar-refractivity contribution in [2.45, 2.75) is 0 Å². The third-order valence-corrected chi connectivity index (χ3v) is 3.20. The van der Waals surface area contributed by atoms with Crippen molar-refractivity contribution < 1.29 is 9.90 Å². The first kappa shape index (κ1) is 11.6. The number of amides is 1. The fourth-order valence-corrected chi connectivity index (χ4v) is 1.80. The summed E-state index contributed by atoms with van der Waals surface area (Å²) in [6, 6.07) is 6.64. The molecule has 1 N–H and O–H groups in total. The Hall–Kier alpha value is -1.88. The van der Waals surface area contributed by atoms with Crippen molar-refractivity contribution in [1.29, 1.82) is 0 Å². The van der Waals surface area contributed by atoms with E-state index in [1.165, 1.54) is 4.90 Å². The Kier molecular flexibility index (Phi) is 2.85. The minimum absolute atomic E-state index is 0.120. The molecule has 0 aliphatic carbocycles. The monoisotopic (exact) mass is 248 g/mol. The maximum atomic E-state index is 11.9. The molecule has 17 heavy (non-hydrogen) atoms. The van der Waals surface area contributed by atoms with Crippen LogP contribution in [0.4, 0.5) is 0 Å². The van der Waals surface area contributed by atoms with Crippen molar-refractivity contribution in [2.75, 3.05) is 14.1 Å². The zero-order valence-electron chi connectivity index (χ0n) is 9.54. The van der Waals surface area contributed by atoms with Crippen LogP contribution in [0.15, 0.2) is 30.0 Å². The van der Waals surface area contributed by atoms with Gasteiger partial charge in [0.1, 0.15) is 11.4 Å². The first-order valence-electron chi connectivity index (χ1n) is 5.07. The Morgan fingerprint density at radius 2 is 1.76 bits per heavy atom. The van der Waals surface area contributed by atoms with Gasteiger partial charge >= 0.3 is 0 Å². The molecule has 0 atom stereocenters. The predicted octanol–water partition coefficient (Wildman–Crippen LogP) is 1.42. The predicted molar refractivity (Wildman–Crippen MR) is 69.2 cm³/mol. The van der Waals surface area contributed by atoms with Gasteiger partial charge in [-0.05, 0) is 36.0 Å². The van der Waals surface area contributed by atoms with E-state index in [1.807, 2.05) is 0 Å². The fourth-order valence-electron chi connectivity index (χ4n) is 1.62. The number of aromatic hydroxyl groups is 1. The lowest BCUT2D eigenvalue weighted by atomic mass is 10.2. The lowest BCUT2D eigenvalue weighted by Gasteiger charge is -2.11. The highest BCUT2D eigenvalue weighted by molar-refractivity contribution is 7.80. The number of phenolic OH excluding ortho intramolecular Hbond substituents is 1. The summed E-state index contributed by atoms with van der Waals surface area (Å²) in [6.07, 6.45) is 1.75. The van der Waals surface area contributed by atoms with Crippen LogP contribution < -0.4 is 0 Å². The second kappa shape index (κ2) is 4.18. The average molecular weight is 248 g/mol. The van der Waals surface area contributed by atoms with E-state index in [9.17, 15) is 9.90 Å². The highest BCUT2D eigenvalue weighted by atomic mass is 32.1. The van der Waals surface area contributed by atoms with Crippen LogP contribution in [0.2, 0.25) is 0 Å². The third kappa shape index (κ3) is 2.01. The van der Waals surface area contributed by atoms with E-state index in [4.69, 9.17) is 12.2 Å². The number of hydrogen-bond donors (Lipinski definition) is 1. The standard InChI is InChI=1S/C12H12N2O2S/c1-13-10(11(16)14(2)12(13)17)7-8-3-5-9(15)6-4-8/h3-7,15H,1-2H3/b10-7+. The van der Waals surface area contributed by atoms with Gasteiger partial charge < -0.3 is 10.0 Å². The van der Waals surface area contributed by atoms with Crippen LogP contribution in [0, 0.1) is 0 Å². The summed E-state index contributed by atoms with van der Waals surface area (Å²) in [6.45, 7) is 0. The summed E-state index contributed by atoms with van der Waals surface area (Å²) >= 11 is 5.11. The fraction of sp³-hybridized carbons (Fsp3) is 0.167. The van der Waals surface area contributed by atoms with Crippen molar-refractivity contribution >= 4 is 29.3 Å². The van der Waals surface area contributed by atoms with E-state index in [2.05, 4.69) is 0 Å². The number of rotatable bonds is 1. The molecule has 0 radical (unpaired) electrons. The zero-order valence-corrected chi connectivity index (χ0v) is 10.4. The van der Waals surface area contributed by atoms with Crippen molar-refractivity contribution in [3.63, 3.8) is 0 Å². The van der Waals surface area contributed by atoms with Crippen molar-refractivity contribution in [1.82, 2.24) is 9.80 Å². The van der Waals surface area contributed by atoms with E-state index >= 15 is 0 Å². The van der Waals surface area contributed by atoms with Gasteiger partial charge in [0.05, 0.1) is 0 Å². The molecule has 0 bridgehead atoms. The summed E-state index contributed by atoms with van der Waals surface area (Å²) in [4.78, 5) is 15.0. The molecule has 1 aromatic rings. The Labute approximate surface area is 105 Å². The molecule has 1 amide bonds. The molecule has 1 aliphatic heterocycles. The van der Waals surface area contributed by atoms with Crippen molar-refractivity contribution in [3.8, 4) is 5.75 Å². The van der Waals surface area contributed by atoms with Crippen molar-refractivity contribution in [3.05, 3.63) is 35.5 Å². The van der Waals surface area contributed by atoms with E-state index in [0.29, 0.717) is 10.8 Å². The van der Waals surface area contributed by atoms with Crippen LogP contribution in [0.3, 0.4) is 0 Å². The molecule has 0 saturated carbocycles. The van der Waals surface area contributed by atoms with Gasteiger partial charge in [-0.3, -0.25) is 9.69 Å². The van der Waals surface area contributed by atoms with Gasteiger partial charge in [0.2, 0.25) is 0 Å². The maximum absolute atomic E-state index is 11.9. The van der Waals surface area contributed by atoms with Crippen molar-refractivity contribution in [2.24, 2.45) is 0 Å². The zero-order chi connectivity index (χ0) is 12.6. The molecular weight excluding hydrogens is 236 g/mol. The number of carbonyl (C=O) groups is 1. The minimum atomic E-state index is -0.120. The smallest absolute Gasteiger partial charge is 0.276 e. The SMILES string of the molecule is CN1C(=O)/C(=C\c2ccc(O)cc2)N(C)C1=S. The number of benzene rings is 1. The van der Waals surface area contributed by atoms with Gasteiger partial charge in [0.15, 0.2) is 5.11 Å². The molecule has 0 aromatic heterocycles. The molecule has 4 nitrogen and oxygen atoms in total. The van der Waals surface area contributed by atoms with Crippen LogP contribution in [0.5, 0.6) is 5.75 Å². The van der Waals surface area contributed by atoms with E-state index in [-0.39, 0.29) is 11.7 Å². The lowest BCUT2D eigenvalue weighted by molar-refractivity contribution is -0.121. The van der Waals surface area contributed by atoms with Crippen LogP contribution in [-0.4, -0.2) is 40.0 Å². The second-order valence-corrected chi connectivity index (χ2v) is 4.19. The van der Waals surface area contributed by atoms with Gasteiger partial charge in [-0.15, -0.1) is 0 Å². The van der Waals surface area contributed by atoms with Gasteiger partial charge in [0, 0.05) is 14.1 Å². The number of nitrogens with zero attached hydrogens (tertiary/aromatic N) is 2. The Morgan fingerprint density at radius 1 is 1.18 bits per heavy atom. The molecule has 1 fully saturated rings. The molecule has 1 saturated heterocycles. The molecule has 1 aromatic carbocycles. The van der Waals surface area contributed by atoms with Gasteiger partial charge in [-0.1, -0.05) is 12.1 Å². The van der Waals surface area contributed by atoms with E-state index in [1.54, 1.807) is 49.3 Å². The van der Waals surface area contributed by atoms with E-state index < -0.39 is 0 Å². The Balaban J connectivity index is 2.37. The minimum Gasteiger partial charge on any atom is -0.508 e. The van der Waals surface area contributed by atoms with Crippen LogP contribution >= 0.6 is 12.2 Å². The molecule has 0 spiro atoms. The number of hydrogen-bond acceptors (Lipinski definition) is 3. The number of phenols is 1. The van der Waals surface area contributed by atoms with Crippen LogP contribution in [-0.2, 0) is 4.79 Å². The normalized spacial score (nSPS) is 18.4. The maximum Gasteiger partial charge on any atom is 0.276 e. The van der Waals surface area contributed by atoms with E-state index in [0.717, 1.165) is 5.56 Å². The average Bonchev–Trinajstić information content (AvgIpc) is 2.50. The third-order valence-electron chi connectivity index (χ3n) is 2.66. The number of thiocarbonyl (C=S) groups is 1. The highest BCUT2D eigenvalue weighted by Gasteiger charge is 2.32. The van der Waals surface area contributed by atoms with Gasteiger partial charge in [0.25, 0.3) is 5.91 Å². The molecule has 88 valence electrons. The quantitative estimate of drug-likeness (QED) is 0.603. The lowest BCUT2D eigenvalue weighted by Crippen LogP contribution is -2.26. The largest absolute Gasteiger partial charge is 0.508 e. The first-order valence-corrected chi connectivity index (χ1v) is 5.48. The van der Waals surface area contributed by atoms with Crippen LogP contribution in [0.1, 0.15) is 5.56 Å². The first-order chi connectivity index (χ1) is 8.00. The molecule has 1 heterocycles. The number of carbonyl (C=O) groups excluding carboxylic acids is 1. The molecule has 1 aliphatic rings. The molecule has 0 unspecified atom stereocenters. The highest BCUT2D eigenvalue weighted by Crippen LogP contribution is 2.21. The summed E-state index contributed by atoms with van der Waals surface area (Å²) in [5, 5.41) is 9.66. The summed E-state index contributed by atoms with van der Waals surface area (Å²) in [7, 11) is 3.41. The molecule has 5 heteroatoms. The topological polar surface area (TPSA) is 43.8 Å². The second-order valence-electron chi connectivity index (χ2n) is 3.83. The molecular formula is C12H12N2O2S.